The SMILES string of the molecule is O=C1CC(c2cc(Br)cc(Br)c2)c2c(c3ccccc3oc2=O)O1. The second kappa shape index (κ2) is 5.86. The fourth-order valence-electron chi connectivity index (χ4n) is 3.03. The lowest BCUT2D eigenvalue weighted by Gasteiger charge is -2.24. The van der Waals surface area contributed by atoms with Gasteiger partial charge in [-0.1, -0.05) is 44.0 Å². The monoisotopic (exact) mass is 448 g/mol. The van der Waals surface area contributed by atoms with E-state index in [1.165, 1.54) is 0 Å². The molecule has 0 radical (unpaired) electrons. The molecule has 120 valence electrons. The molecule has 0 saturated heterocycles. The van der Waals surface area contributed by atoms with E-state index in [0.29, 0.717) is 22.3 Å². The third-order valence-corrected chi connectivity index (χ3v) is 4.94. The number of benzene rings is 2. The summed E-state index contributed by atoms with van der Waals surface area (Å²) in [7, 11) is 0. The third kappa shape index (κ3) is 2.59. The van der Waals surface area contributed by atoms with Crippen molar-refractivity contribution in [2.45, 2.75) is 12.3 Å². The van der Waals surface area contributed by atoms with Crippen LogP contribution in [0.15, 0.2) is 60.6 Å². The van der Waals surface area contributed by atoms with E-state index in [1.807, 2.05) is 24.3 Å². The lowest BCUT2D eigenvalue weighted by atomic mass is 9.87. The molecule has 0 saturated carbocycles. The van der Waals surface area contributed by atoms with Gasteiger partial charge in [-0.3, -0.25) is 4.79 Å². The topological polar surface area (TPSA) is 56.5 Å². The lowest BCUT2D eigenvalue weighted by Crippen LogP contribution is -2.26. The summed E-state index contributed by atoms with van der Waals surface area (Å²) in [5.74, 6) is -0.463. The molecule has 3 aromatic rings. The van der Waals surface area contributed by atoms with Crippen molar-refractivity contribution in [2.24, 2.45) is 0 Å². The highest BCUT2D eigenvalue weighted by Gasteiger charge is 2.34. The van der Waals surface area contributed by atoms with Gasteiger partial charge in [0.2, 0.25) is 0 Å². The summed E-state index contributed by atoms with van der Waals surface area (Å²) >= 11 is 6.89. The van der Waals surface area contributed by atoms with Gasteiger partial charge >= 0.3 is 11.6 Å². The van der Waals surface area contributed by atoms with Crippen LogP contribution in [0.25, 0.3) is 11.0 Å². The second-order valence-electron chi connectivity index (χ2n) is 5.56. The summed E-state index contributed by atoms with van der Waals surface area (Å²) in [6.45, 7) is 0. The van der Waals surface area contributed by atoms with Crippen molar-refractivity contribution < 1.29 is 13.9 Å². The van der Waals surface area contributed by atoms with Crippen LogP contribution < -0.4 is 10.4 Å². The van der Waals surface area contributed by atoms with E-state index < -0.39 is 11.5 Å². The molecule has 0 bridgehead atoms. The molecule has 1 atom stereocenters. The number of esters is 1. The second-order valence-corrected chi connectivity index (χ2v) is 7.39. The minimum atomic E-state index is -0.475. The predicted molar refractivity (Wildman–Crippen MR) is 96.4 cm³/mol. The van der Waals surface area contributed by atoms with E-state index in [2.05, 4.69) is 31.9 Å². The van der Waals surface area contributed by atoms with Gasteiger partial charge in [-0.05, 0) is 35.9 Å². The molecule has 0 spiro atoms. The summed E-state index contributed by atoms with van der Waals surface area (Å²) in [4.78, 5) is 24.7. The van der Waals surface area contributed by atoms with Crippen LogP contribution in [0.4, 0.5) is 0 Å². The van der Waals surface area contributed by atoms with E-state index in [1.54, 1.807) is 18.2 Å². The van der Waals surface area contributed by atoms with Crippen LogP contribution in [0.1, 0.15) is 23.5 Å². The first kappa shape index (κ1) is 15.6. The van der Waals surface area contributed by atoms with Crippen LogP contribution in [0.5, 0.6) is 5.75 Å². The van der Waals surface area contributed by atoms with Crippen LogP contribution in [0, 0.1) is 0 Å². The van der Waals surface area contributed by atoms with Gasteiger partial charge in [0, 0.05) is 14.9 Å². The zero-order chi connectivity index (χ0) is 16.8. The molecule has 6 heteroatoms. The van der Waals surface area contributed by atoms with Gasteiger partial charge in [-0.15, -0.1) is 0 Å². The zero-order valence-electron chi connectivity index (χ0n) is 12.2. The van der Waals surface area contributed by atoms with E-state index in [-0.39, 0.29) is 12.4 Å². The molecule has 0 N–H and O–H groups in total. The van der Waals surface area contributed by atoms with E-state index in [4.69, 9.17) is 9.15 Å². The first-order valence-electron chi connectivity index (χ1n) is 7.25. The normalized spacial score (nSPS) is 16.8. The number of fused-ring (bicyclic) bond motifs is 3. The molecule has 1 aliphatic rings. The molecule has 0 amide bonds. The van der Waals surface area contributed by atoms with Crippen molar-refractivity contribution in [1.29, 1.82) is 0 Å². The van der Waals surface area contributed by atoms with Crippen molar-refractivity contribution in [3.63, 3.8) is 0 Å². The molecule has 0 aliphatic carbocycles. The van der Waals surface area contributed by atoms with Gasteiger partial charge in [0.1, 0.15) is 5.58 Å². The molecule has 4 nitrogen and oxygen atoms in total. The number of carbonyl (C=O) groups excluding carboxylic acids is 1. The third-order valence-electron chi connectivity index (χ3n) is 4.02. The van der Waals surface area contributed by atoms with Gasteiger partial charge in [-0.25, -0.2) is 4.79 Å². The van der Waals surface area contributed by atoms with Crippen LogP contribution in [-0.4, -0.2) is 5.97 Å². The van der Waals surface area contributed by atoms with Crippen molar-refractivity contribution >= 4 is 48.8 Å². The zero-order valence-corrected chi connectivity index (χ0v) is 15.4. The number of para-hydroxylation sites is 1. The molecular weight excluding hydrogens is 440 g/mol. The van der Waals surface area contributed by atoms with Crippen molar-refractivity contribution in [1.82, 2.24) is 0 Å². The van der Waals surface area contributed by atoms with E-state index in [0.717, 1.165) is 14.5 Å². The molecule has 4 rings (SSSR count). The fourth-order valence-corrected chi connectivity index (χ4v) is 4.36. The fraction of sp³-hybridized carbons (Fsp3) is 0.111. The van der Waals surface area contributed by atoms with Gasteiger partial charge in [0.05, 0.1) is 17.4 Å². The maximum atomic E-state index is 12.6. The lowest BCUT2D eigenvalue weighted by molar-refractivity contribution is -0.135. The van der Waals surface area contributed by atoms with Gasteiger partial charge < -0.3 is 9.15 Å². The van der Waals surface area contributed by atoms with Gasteiger partial charge in [-0.2, -0.15) is 0 Å². The number of halogens is 2. The Labute approximate surface area is 153 Å². The molecule has 24 heavy (non-hydrogen) atoms. The highest BCUT2D eigenvalue weighted by atomic mass is 79.9. The van der Waals surface area contributed by atoms with Crippen LogP contribution in [-0.2, 0) is 4.79 Å². The number of ether oxygens (including phenoxy) is 1. The van der Waals surface area contributed by atoms with Crippen LogP contribution >= 0.6 is 31.9 Å². The Bertz CT molecular complexity index is 1020. The highest BCUT2D eigenvalue weighted by molar-refractivity contribution is 9.11. The first-order chi connectivity index (χ1) is 11.5. The molecule has 0 fully saturated rings. The van der Waals surface area contributed by atoms with Crippen molar-refractivity contribution in [3.8, 4) is 5.75 Å². The maximum absolute atomic E-state index is 12.6. The number of hydrogen-bond donors (Lipinski definition) is 0. The highest BCUT2D eigenvalue weighted by Crippen LogP contribution is 2.41. The average molecular weight is 450 g/mol. The number of carbonyl (C=O) groups is 1. The molecule has 2 heterocycles. The Morgan fingerprint density at radius 1 is 1.00 bits per heavy atom. The van der Waals surface area contributed by atoms with Gasteiger partial charge in [0.25, 0.3) is 0 Å². The predicted octanol–water partition coefficient (Wildman–Crippen LogP) is 4.76. The first-order valence-corrected chi connectivity index (χ1v) is 8.84. The summed E-state index contributed by atoms with van der Waals surface area (Å²) in [6.07, 6.45) is 0.0962. The maximum Gasteiger partial charge on any atom is 0.343 e. The van der Waals surface area contributed by atoms with Crippen molar-refractivity contribution in [3.05, 3.63) is 73.0 Å². The largest absolute Gasteiger partial charge is 0.425 e. The summed E-state index contributed by atoms with van der Waals surface area (Å²) in [6, 6.07) is 12.7. The van der Waals surface area contributed by atoms with Crippen molar-refractivity contribution in [2.75, 3.05) is 0 Å². The molecule has 2 aromatic carbocycles. The van der Waals surface area contributed by atoms with E-state index in [9.17, 15) is 9.59 Å². The Morgan fingerprint density at radius 2 is 1.71 bits per heavy atom. The smallest absolute Gasteiger partial charge is 0.343 e. The van der Waals surface area contributed by atoms with Crippen LogP contribution in [0.3, 0.4) is 0 Å². The average Bonchev–Trinajstić information content (AvgIpc) is 2.53. The Balaban J connectivity index is 2.02. The summed E-state index contributed by atoms with van der Waals surface area (Å²) < 4.78 is 12.6. The Hall–Kier alpha value is -1.92. The minimum absolute atomic E-state index is 0.0962. The molecule has 1 aliphatic heterocycles. The minimum Gasteiger partial charge on any atom is -0.425 e. The van der Waals surface area contributed by atoms with E-state index >= 15 is 0 Å². The Morgan fingerprint density at radius 3 is 2.46 bits per heavy atom. The number of rotatable bonds is 1. The molecule has 1 unspecified atom stereocenters. The molecule has 1 aromatic heterocycles. The standard InChI is InChI=1S/C18H10Br2O4/c19-10-5-9(6-11(20)7-10)13-8-15(21)24-17-12-3-1-2-4-14(12)23-18(22)16(13)17/h1-7,13H,8H2. The quantitative estimate of drug-likeness (QED) is 0.397. The summed E-state index contributed by atoms with van der Waals surface area (Å²) in [5, 5.41) is 0.624. The summed E-state index contributed by atoms with van der Waals surface area (Å²) in [5.41, 5.74) is 1.16. The van der Waals surface area contributed by atoms with Crippen LogP contribution in [0.2, 0.25) is 0 Å². The van der Waals surface area contributed by atoms with Gasteiger partial charge in [0.15, 0.2) is 5.75 Å². The Kier molecular flexibility index (Phi) is 3.81. The number of hydrogen-bond acceptors (Lipinski definition) is 4. The molecular formula is C18H10Br2O4.